The van der Waals surface area contributed by atoms with Crippen molar-refractivity contribution in [1.29, 1.82) is 0 Å². The van der Waals surface area contributed by atoms with E-state index in [0.29, 0.717) is 26.2 Å². The van der Waals surface area contributed by atoms with Crippen LogP contribution >= 0.6 is 23.2 Å². The number of carbonyl (C=O) groups is 2. The topological polar surface area (TPSA) is 60.9 Å². The van der Waals surface area contributed by atoms with Crippen LogP contribution in [0.25, 0.3) is 0 Å². The average molecular weight is 317 g/mol. The molecular formula is C13H14Cl2N2O3. The number of hydrogen-bond acceptors (Lipinski definition) is 3. The second-order valence-corrected chi connectivity index (χ2v) is 5.53. The maximum absolute atomic E-state index is 12.2. The van der Waals surface area contributed by atoms with Crippen LogP contribution in [0.5, 0.6) is 5.75 Å². The van der Waals surface area contributed by atoms with E-state index in [1.54, 1.807) is 23.1 Å². The van der Waals surface area contributed by atoms with Gasteiger partial charge in [-0.15, -0.1) is 0 Å². The molecule has 0 aliphatic carbocycles. The van der Waals surface area contributed by atoms with Gasteiger partial charge in [0.05, 0.1) is 5.56 Å². The molecule has 2 amide bonds. The summed E-state index contributed by atoms with van der Waals surface area (Å²) in [5.41, 5.74) is 0.264. The van der Waals surface area contributed by atoms with Gasteiger partial charge < -0.3 is 14.9 Å². The number of phenols is 1. The SMILES string of the molecule is O=C(c1ccccc1O)N1CCN(C(=O)C(Cl)Cl)CC1. The fourth-order valence-electron chi connectivity index (χ4n) is 2.09. The molecule has 1 heterocycles. The fraction of sp³-hybridized carbons (Fsp3) is 0.385. The maximum Gasteiger partial charge on any atom is 0.257 e. The number of alkyl halides is 2. The number of rotatable bonds is 2. The molecule has 2 rings (SSSR count). The fourth-order valence-corrected chi connectivity index (χ4v) is 2.37. The summed E-state index contributed by atoms with van der Waals surface area (Å²) in [7, 11) is 0. The summed E-state index contributed by atoms with van der Waals surface area (Å²) in [6, 6.07) is 6.39. The number of amides is 2. The molecule has 7 heteroatoms. The van der Waals surface area contributed by atoms with E-state index >= 15 is 0 Å². The Balaban J connectivity index is 1.99. The van der Waals surface area contributed by atoms with Crippen molar-refractivity contribution in [3.63, 3.8) is 0 Å². The molecule has 108 valence electrons. The number of para-hydroxylation sites is 1. The third kappa shape index (κ3) is 3.16. The van der Waals surface area contributed by atoms with Gasteiger partial charge in [-0.1, -0.05) is 35.3 Å². The highest BCUT2D eigenvalue weighted by atomic mass is 35.5. The Bertz CT molecular complexity index is 514. The van der Waals surface area contributed by atoms with E-state index < -0.39 is 4.84 Å². The Morgan fingerprint density at radius 3 is 2.15 bits per heavy atom. The highest BCUT2D eigenvalue weighted by molar-refractivity contribution is 6.53. The summed E-state index contributed by atoms with van der Waals surface area (Å²) in [5.74, 6) is -0.635. The monoisotopic (exact) mass is 316 g/mol. The van der Waals surface area contributed by atoms with Gasteiger partial charge in [0.15, 0.2) is 4.84 Å². The summed E-state index contributed by atoms with van der Waals surface area (Å²) >= 11 is 11.1. The molecule has 0 saturated carbocycles. The summed E-state index contributed by atoms with van der Waals surface area (Å²) in [4.78, 5) is 25.9. The van der Waals surface area contributed by atoms with Crippen LogP contribution in [0.4, 0.5) is 0 Å². The summed E-state index contributed by atoms with van der Waals surface area (Å²) in [5, 5.41) is 9.68. The predicted octanol–water partition coefficient (Wildman–Crippen LogP) is 1.48. The van der Waals surface area contributed by atoms with E-state index in [0.717, 1.165) is 0 Å². The molecule has 1 aromatic rings. The lowest BCUT2D eigenvalue weighted by Gasteiger charge is -2.35. The maximum atomic E-state index is 12.2. The standard InChI is InChI=1S/C13H14Cl2N2O3/c14-11(15)13(20)17-7-5-16(6-8-17)12(19)9-3-1-2-4-10(9)18/h1-4,11,18H,5-8H2. The molecule has 0 bridgehead atoms. The van der Waals surface area contributed by atoms with Crippen LogP contribution in [-0.4, -0.2) is 57.7 Å². The third-order valence-corrected chi connectivity index (χ3v) is 3.57. The first-order valence-electron chi connectivity index (χ1n) is 6.15. The van der Waals surface area contributed by atoms with Crippen molar-refractivity contribution >= 4 is 35.0 Å². The number of carbonyl (C=O) groups excluding carboxylic acids is 2. The van der Waals surface area contributed by atoms with Gasteiger partial charge in [-0.2, -0.15) is 0 Å². The van der Waals surface area contributed by atoms with Crippen LogP contribution in [0.1, 0.15) is 10.4 Å². The van der Waals surface area contributed by atoms with E-state index in [1.165, 1.54) is 11.0 Å². The van der Waals surface area contributed by atoms with Crippen LogP contribution in [0.3, 0.4) is 0 Å². The Labute approximate surface area is 126 Å². The van der Waals surface area contributed by atoms with E-state index in [1.807, 2.05) is 0 Å². The molecule has 20 heavy (non-hydrogen) atoms. The molecule has 0 aromatic heterocycles. The van der Waals surface area contributed by atoms with Crippen LogP contribution in [0.2, 0.25) is 0 Å². The van der Waals surface area contributed by atoms with E-state index in [4.69, 9.17) is 23.2 Å². The summed E-state index contributed by atoms with van der Waals surface area (Å²) in [6.07, 6.45) is 0. The smallest absolute Gasteiger partial charge is 0.257 e. The summed E-state index contributed by atoms with van der Waals surface area (Å²) < 4.78 is 0. The van der Waals surface area contributed by atoms with Gasteiger partial charge in [-0.05, 0) is 12.1 Å². The minimum Gasteiger partial charge on any atom is -0.507 e. The molecule has 1 saturated heterocycles. The van der Waals surface area contributed by atoms with Crippen molar-refractivity contribution in [2.24, 2.45) is 0 Å². The van der Waals surface area contributed by atoms with Crippen molar-refractivity contribution in [2.45, 2.75) is 4.84 Å². The molecule has 0 atom stereocenters. The third-order valence-electron chi connectivity index (χ3n) is 3.20. The van der Waals surface area contributed by atoms with Gasteiger partial charge in [-0.25, -0.2) is 0 Å². The predicted molar refractivity (Wildman–Crippen MR) is 76.1 cm³/mol. The van der Waals surface area contributed by atoms with Crippen LogP contribution in [-0.2, 0) is 4.79 Å². The van der Waals surface area contributed by atoms with Crippen LogP contribution in [0.15, 0.2) is 24.3 Å². The molecule has 1 N–H and O–H groups in total. The van der Waals surface area contributed by atoms with Gasteiger partial charge >= 0.3 is 0 Å². The Hall–Kier alpha value is -1.46. The summed E-state index contributed by atoms with van der Waals surface area (Å²) in [6.45, 7) is 1.54. The molecule has 0 radical (unpaired) electrons. The molecule has 1 aliphatic heterocycles. The number of aromatic hydroxyl groups is 1. The average Bonchev–Trinajstić information content (AvgIpc) is 2.46. The van der Waals surface area contributed by atoms with Crippen molar-refractivity contribution < 1.29 is 14.7 Å². The molecule has 5 nitrogen and oxygen atoms in total. The van der Waals surface area contributed by atoms with E-state index in [-0.39, 0.29) is 23.1 Å². The lowest BCUT2D eigenvalue weighted by Crippen LogP contribution is -2.51. The number of piperazine rings is 1. The van der Waals surface area contributed by atoms with Gasteiger partial charge in [0.1, 0.15) is 5.75 Å². The normalized spacial score (nSPS) is 15.6. The molecule has 1 fully saturated rings. The first-order chi connectivity index (χ1) is 9.50. The second-order valence-electron chi connectivity index (χ2n) is 4.44. The van der Waals surface area contributed by atoms with E-state index in [9.17, 15) is 14.7 Å². The minimum atomic E-state index is -1.07. The van der Waals surface area contributed by atoms with Crippen molar-refractivity contribution in [2.75, 3.05) is 26.2 Å². The number of phenolic OH excluding ortho intramolecular Hbond substituents is 1. The van der Waals surface area contributed by atoms with Gasteiger partial charge in [0, 0.05) is 26.2 Å². The number of nitrogens with zero attached hydrogens (tertiary/aromatic N) is 2. The van der Waals surface area contributed by atoms with Crippen molar-refractivity contribution in [3.05, 3.63) is 29.8 Å². The van der Waals surface area contributed by atoms with Gasteiger partial charge in [-0.3, -0.25) is 9.59 Å². The zero-order chi connectivity index (χ0) is 14.7. The molecular weight excluding hydrogens is 303 g/mol. The van der Waals surface area contributed by atoms with Crippen LogP contribution in [0, 0.1) is 0 Å². The largest absolute Gasteiger partial charge is 0.507 e. The highest BCUT2D eigenvalue weighted by Gasteiger charge is 2.28. The Morgan fingerprint density at radius 2 is 1.60 bits per heavy atom. The zero-order valence-corrected chi connectivity index (χ0v) is 12.1. The van der Waals surface area contributed by atoms with Gasteiger partial charge in [0.2, 0.25) is 0 Å². The molecule has 0 unspecified atom stereocenters. The Morgan fingerprint density at radius 1 is 1.05 bits per heavy atom. The number of halogens is 2. The van der Waals surface area contributed by atoms with Crippen molar-refractivity contribution in [1.82, 2.24) is 9.80 Å². The molecule has 1 aliphatic rings. The lowest BCUT2D eigenvalue weighted by molar-refractivity contribution is -0.130. The number of hydrogen-bond donors (Lipinski definition) is 1. The Kier molecular flexibility index (Phi) is 4.73. The molecule has 1 aromatic carbocycles. The quantitative estimate of drug-likeness (QED) is 0.841. The molecule has 0 spiro atoms. The number of benzene rings is 1. The second kappa shape index (κ2) is 6.33. The van der Waals surface area contributed by atoms with E-state index in [2.05, 4.69) is 0 Å². The lowest BCUT2D eigenvalue weighted by atomic mass is 10.1. The highest BCUT2D eigenvalue weighted by Crippen LogP contribution is 2.19. The van der Waals surface area contributed by atoms with Crippen molar-refractivity contribution in [3.8, 4) is 5.75 Å². The first-order valence-corrected chi connectivity index (χ1v) is 7.02. The van der Waals surface area contributed by atoms with Crippen LogP contribution < -0.4 is 0 Å². The van der Waals surface area contributed by atoms with Gasteiger partial charge in [0.25, 0.3) is 11.8 Å². The first kappa shape index (κ1) is 14.9. The minimum absolute atomic E-state index is 0.0439. The zero-order valence-electron chi connectivity index (χ0n) is 10.6.